The molecular weight excluding hydrogens is 282 g/mol. The van der Waals surface area contributed by atoms with E-state index in [0.29, 0.717) is 5.75 Å². The van der Waals surface area contributed by atoms with E-state index in [1.807, 2.05) is 0 Å². The highest BCUT2D eigenvalue weighted by atomic mass is 16.5. The first kappa shape index (κ1) is 16.3. The van der Waals surface area contributed by atoms with Gasteiger partial charge in [0.1, 0.15) is 5.75 Å². The van der Waals surface area contributed by atoms with Gasteiger partial charge in [0.2, 0.25) is 5.91 Å². The Kier molecular flexibility index (Phi) is 5.38. The summed E-state index contributed by atoms with van der Waals surface area (Å²) < 4.78 is 5.38. The van der Waals surface area contributed by atoms with Crippen LogP contribution in [0.15, 0.2) is 24.3 Å². The molecule has 0 saturated heterocycles. The minimum absolute atomic E-state index is 0.00132. The molecular formula is C16H23N3O3. The number of nitrogens with one attached hydrogen (secondary N) is 1. The van der Waals surface area contributed by atoms with Gasteiger partial charge in [-0.3, -0.25) is 9.59 Å². The summed E-state index contributed by atoms with van der Waals surface area (Å²) in [5.41, 5.74) is 6.55. The van der Waals surface area contributed by atoms with Gasteiger partial charge in [0.05, 0.1) is 0 Å². The quantitative estimate of drug-likeness (QED) is 0.856. The highest BCUT2D eigenvalue weighted by molar-refractivity contribution is 5.92. The van der Waals surface area contributed by atoms with Crippen molar-refractivity contribution in [2.24, 2.45) is 11.7 Å². The van der Waals surface area contributed by atoms with Crippen LogP contribution in [0.25, 0.3) is 0 Å². The number of rotatable bonds is 5. The van der Waals surface area contributed by atoms with E-state index in [2.05, 4.69) is 5.32 Å². The van der Waals surface area contributed by atoms with Gasteiger partial charge in [-0.05, 0) is 43.5 Å². The molecule has 3 N–H and O–H groups in total. The molecule has 1 aliphatic carbocycles. The molecule has 1 aromatic rings. The predicted octanol–water partition coefficient (Wildman–Crippen LogP) is 1.22. The van der Waals surface area contributed by atoms with Gasteiger partial charge in [-0.15, -0.1) is 0 Å². The first-order valence-electron chi connectivity index (χ1n) is 7.45. The normalized spacial score (nSPS) is 20.5. The smallest absolute Gasteiger partial charge is 0.259 e. The number of benzene rings is 1. The van der Waals surface area contributed by atoms with Gasteiger partial charge in [-0.25, -0.2) is 0 Å². The van der Waals surface area contributed by atoms with E-state index in [1.54, 1.807) is 38.4 Å². The van der Waals surface area contributed by atoms with Crippen LogP contribution in [-0.2, 0) is 9.59 Å². The first-order chi connectivity index (χ1) is 10.5. The number of anilines is 1. The molecule has 2 atom stereocenters. The molecule has 0 radical (unpaired) electrons. The fourth-order valence-electron chi connectivity index (χ4n) is 2.41. The third-order valence-electron chi connectivity index (χ3n) is 3.83. The van der Waals surface area contributed by atoms with Gasteiger partial charge in [0, 0.05) is 31.7 Å². The maximum atomic E-state index is 12.1. The second-order valence-corrected chi connectivity index (χ2v) is 5.86. The van der Waals surface area contributed by atoms with Crippen LogP contribution in [0.2, 0.25) is 0 Å². The minimum atomic E-state index is -0.102. The Morgan fingerprint density at radius 3 is 2.50 bits per heavy atom. The largest absolute Gasteiger partial charge is 0.484 e. The summed E-state index contributed by atoms with van der Waals surface area (Å²) in [5, 5.41) is 2.89. The van der Waals surface area contributed by atoms with Gasteiger partial charge in [0.15, 0.2) is 6.61 Å². The SMILES string of the molecule is CN(C)C(=O)COc1ccc(NC(=O)C2CCC(N)C2)cc1. The fourth-order valence-corrected chi connectivity index (χ4v) is 2.41. The zero-order chi connectivity index (χ0) is 16.1. The third-order valence-corrected chi connectivity index (χ3v) is 3.83. The van der Waals surface area contributed by atoms with Crippen LogP contribution in [0.4, 0.5) is 5.69 Å². The summed E-state index contributed by atoms with van der Waals surface area (Å²) in [6.07, 6.45) is 2.51. The van der Waals surface area contributed by atoms with Crippen LogP contribution >= 0.6 is 0 Å². The number of carbonyl (C=O) groups excluding carboxylic acids is 2. The number of nitrogens with zero attached hydrogens (tertiary/aromatic N) is 1. The van der Waals surface area contributed by atoms with Crippen molar-refractivity contribution in [2.75, 3.05) is 26.0 Å². The number of nitrogens with two attached hydrogens (primary N) is 1. The Morgan fingerprint density at radius 1 is 1.27 bits per heavy atom. The number of amides is 2. The Balaban J connectivity index is 1.84. The molecule has 0 aliphatic heterocycles. The van der Waals surface area contributed by atoms with E-state index < -0.39 is 0 Å². The van der Waals surface area contributed by atoms with Gasteiger partial charge in [-0.1, -0.05) is 0 Å². The maximum absolute atomic E-state index is 12.1. The number of likely N-dealkylation sites (N-methyl/N-ethyl adjacent to an activating group) is 1. The monoisotopic (exact) mass is 305 g/mol. The van der Waals surface area contributed by atoms with Crippen molar-refractivity contribution in [3.05, 3.63) is 24.3 Å². The summed E-state index contributed by atoms with van der Waals surface area (Å²) in [4.78, 5) is 25.0. The van der Waals surface area contributed by atoms with Crippen LogP contribution in [0.3, 0.4) is 0 Å². The second kappa shape index (κ2) is 7.26. The maximum Gasteiger partial charge on any atom is 0.259 e. The zero-order valence-electron chi connectivity index (χ0n) is 13.0. The summed E-state index contributed by atoms with van der Waals surface area (Å²) in [5.74, 6) is 0.513. The predicted molar refractivity (Wildman–Crippen MR) is 84.6 cm³/mol. The van der Waals surface area contributed by atoms with Crippen molar-refractivity contribution in [1.82, 2.24) is 4.90 Å². The number of hydrogen-bond acceptors (Lipinski definition) is 4. The molecule has 120 valence electrons. The molecule has 6 nitrogen and oxygen atoms in total. The summed E-state index contributed by atoms with van der Waals surface area (Å²) in [6.45, 7) is -0.00132. The molecule has 0 bridgehead atoms. The topological polar surface area (TPSA) is 84.7 Å². The second-order valence-electron chi connectivity index (χ2n) is 5.86. The molecule has 2 unspecified atom stereocenters. The number of ether oxygens (including phenoxy) is 1. The zero-order valence-corrected chi connectivity index (χ0v) is 13.0. The minimum Gasteiger partial charge on any atom is -0.484 e. The molecule has 0 spiro atoms. The Labute approximate surface area is 130 Å². The lowest BCUT2D eigenvalue weighted by molar-refractivity contribution is -0.130. The van der Waals surface area contributed by atoms with E-state index in [0.717, 1.165) is 24.9 Å². The van der Waals surface area contributed by atoms with E-state index in [4.69, 9.17) is 10.5 Å². The highest BCUT2D eigenvalue weighted by Gasteiger charge is 2.27. The molecule has 1 fully saturated rings. The number of hydrogen-bond donors (Lipinski definition) is 2. The summed E-state index contributed by atoms with van der Waals surface area (Å²) in [6, 6.07) is 7.14. The van der Waals surface area contributed by atoms with Crippen molar-refractivity contribution in [1.29, 1.82) is 0 Å². The Morgan fingerprint density at radius 2 is 1.95 bits per heavy atom. The average Bonchev–Trinajstić information content (AvgIpc) is 2.92. The van der Waals surface area contributed by atoms with Crippen molar-refractivity contribution < 1.29 is 14.3 Å². The van der Waals surface area contributed by atoms with Crippen molar-refractivity contribution in [3.63, 3.8) is 0 Å². The highest BCUT2D eigenvalue weighted by Crippen LogP contribution is 2.25. The van der Waals surface area contributed by atoms with Gasteiger partial charge in [0.25, 0.3) is 5.91 Å². The van der Waals surface area contributed by atoms with Gasteiger partial charge in [-0.2, -0.15) is 0 Å². The molecule has 1 aliphatic rings. The first-order valence-corrected chi connectivity index (χ1v) is 7.45. The molecule has 6 heteroatoms. The lowest BCUT2D eigenvalue weighted by atomic mass is 10.1. The van der Waals surface area contributed by atoms with E-state index in [-0.39, 0.29) is 30.4 Å². The van der Waals surface area contributed by atoms with Crippen LogP contribution in [-0.4, -0.2) is 43.5 Å². The standard InChI is InChI=1S/C16H23N3O3/c1-19(2)15(20)10-22-14-7-5-13(6-8-14)18-16(21)11-3-4-12(17)9-11/h5-8,11-12H,3-4,9-10,17H2,1-2H3,(H,18,21). The summed E-state index contributed by atoms with van der Waals surface area (Å²) in [7, 11) is 3.36. The van der Waals surface area contributed by atoms with E-state index >= 15 is 0 Å². The Hall–Kier alpha value is -2.08. The molecule has 22 heavy (non-hydrogen) atoms. The Bertz CT molecular complexity index is 528. The molecule has 0 aromatic heterocycles. The van der Waals surface area contributed by atoms with E-state index in [1.165, 1.54) is 4.90 Å². The van der Waals surface area contributed by atoms with Crippen molar-refractivity contribution in [3.8, 4) is 5.75 Å². The van der Waals surface area contributed by atoms with Crippen LogP contribution < -0.4 is 15.8 Å². The molecule has 2 amide bonds. The lowest BCUT2D eigenvalue weighted by Crippen LogP contribution is -2.27. The van der Waals surface area contributed by atoms with Crippen molar-refractivity contribution in [2.45, 2.75) is 25.3 Å². The lowest BCUT2D eigenvalue weighted by Gasteiger charge is -2.13. The van der Waals surface area contributed by atoms with E-state index in [9.17, 15) is 9.59 Å². The third kappa shape index (κ3) is 4.46. The van der Waals surface area contributed by atoms with Crippen LogP contribution in [0.5, 0.6) is 5.75 Å². The van der Waals surface area contributed by atoms with Crippen molar-refractivity contribution >= 4 is 17.5 Å². The fraction of sp³-hybridized carbons (Fsp3) is 0.500. The average molecular weight is 305 g/mol. The molecule has 0 heterocycles. The molecule has 2 rings (SSSR count). The van der Waals surface area contributed by atoms with Gasteiger partial charge < -0.3 is 20.7 Å². The van der Waals surface area contributed by atoms with Crippen LogP contribution in [0, 0.1) is 5.92 Å². The van der Waals surface area contributed by atoms with Gasteiger partial charge >= 0.3 is 0 Å². The summed E-state index contributed by atoms with van der Waals surface area (Å²) >= 11 is 0. The van der Waals surface area contributed by atoms with Crippen LogP contribution in [0.1, 0.15) is 19.3 Å². The number of carbonyl (C=O) groups is 2. The molecule has 1 saturated carbocycles. The molecule has 1 aromatic carbocycles.